The normalized spacial score (nSPS) is 17.7. The van der Waals surface area contributed by atoms with Gasteiger partial charge < -0.3 is 10.2 Å². The third kappa shape index (κ3) is 3.45. The van der Waals surface area contributed by atoms with Gasteiger partial charge in [0.1, 0.15) is 5.82 Å². The quantitative estimate of drug-likeness (QED) is 0.540. The summed E-state index contributed by atoms with van der Waals surface area (Å²) in [7, 11) is 0. The van der Waals surface area contributed by atoms with E-state index in [2.05, 4.69) is 48.8 Å². The fourth-order valence-electron chi connectivity index (χ4n) is 4.08. The van der Waals surface area contributed by atoms with Gasteiger partial charge in [0.25, 0.3) is 5.91 Å². The Kier molecular flexibility index (Phi) is 4.45. The Morgan fingerprint density at radius 1 is 1.07 bits per heavy atom. The molecular weight excluding hydrogens is 463 g/mol. The van der Waals surface area contributed by atoms with E-state index in [0.29, 0.717) is 16.8 Å². The van der Waals surface area contributed by atoms with Crippen LogP contribution in [0.15, 0.2) is 48.8 Å². The molecule has 3 aromatic rings. The van der Waals surface area contributed by atoms with E-state index in [-0.39, 0.29) is 5.91 Å². The zero-order valence-corrected chi connectivity index (χ0v) is 17.6. The van der Waals surface area contributed by atoms with Gasteiger partial charge in [0.15, 0.2) is 0 Å². The highest BCUT2D eigenvalue weighted by Gasteiger charge is 2.44. The summed E-state index contributed by atoms with van der Waals surface area (Å²) in [6.45, 7) is 2.06. The number of carbonyl (C=O) groups excluding carboxylic acids is 1. The number of anilines is 2. The molecule has 1 aromatic carbocycles. The maximum atomic E-state index is 13.1. The highest BCUT2D eigenvalue weighted by molar-refractivity contribution is 14.1. The number of halogens is 1. The second kappa shape index (κ2) is 6.99. The monoisotopic (exact) mass is 484 g/mol. The molecule has 5 nitrogen and oxygen atoms in total. The SMILES string of the molecule is O=C(Nc1cc2cccnc2cn1)c1ccc(I)cc1N1CCC2(CC1)CC2. The number of nitrogens with one attached hydrogen (secondary N) is 1. The minimum absolute atomic E-state index is 0.117. The van der Waals surface area contributed by atoms with Crippen LogP contribution in [0.3, 0.4) is 0 Å². The van der Waals surface area contributed by atoms with Crippen molar-refractivity contribution in [2.45, 2.75) is 25.7 Å². The van der Waals surface area contributed by atoms with E-state index < -0.39 is 0 Å². The molecule has 2 fully saturated rings. The molecule has 0 radical (unpaired) electrons. The molecule has 1 amide bonds. The number of carbonyl (C=O) groups is 1. The molecule has 1 N–H and O–H groups in total. The average Bonchev–Trinajstić information content (AvgIpc) is 3.47. The van der Waals surface area contributed by atoms with Gasteiger partial charge in [-0.3, -0.25) is 9.78 Å². The predicted molar refractivity (Wildman–Crippen MR) is 120 cm³/mol. The predicted octanol–water partition coefficient (Wildman–Crippen LogP) is 4.87. The van der Waals surface area contributed by atoms with Crippen LogP contribution in [0.2, 0.25) is 0 Å². The molecule has 0 atom stereocenters. The van der Waals surface area contributed by atoms with Gasteiger partial charge in [-0.1, -0.05) is 6.07 Å². The molecular formula is C22H21IN4O. The number of piperidine rings is 1. The molecule has 1 saturated heterocycles. The van der Waals surface area contributed by atoms with E-state index in [4.69, 9.17) is 0 Å². The molecule has 1 aliphatic carbocycles. The third-order valence-corrected chi connectivity index (χ3v) is 6.73. The van der Waals surface area contributed by atoms with Crippen molar-refractivity contribution in [3.8, 4) is 0 Å². The Morgan fingerprint density at radius 2 is 1.89 bits per heavy atom. The molecule has 1 saturated carbocycles. The summed E-state index contributed by atoms with van der Waals surface area (Å²) in [6, 6.07) is 11.8. The van der Waals surface area contributed by atoms with Crippen LogP contribution in [-0.2, 0) is 0 Å². The van der Waals surface area contributed by atoms with E-state index >= 15 is 0 Å². The first-order chi connectivity index (χ1) is 13.6. The second-order valence-corrected chi connectivity index (χ2v) is 9.11. The number of fused-ring (bicyclic) bond motifs is 1. The van der Waals surface area contributed by atoms with Gasteiger partial charge >= 0.3 is 0 Å². The van der Waals surface area contributed by atoms with Crippen LogP contribution in [-0.4, -0.2) is 29.0 Å². The number of benzene rings is 1. The Bertz CT molecular complexity index is 1050. The zero-order chi connectivity index (χ0) is 19.1. The molecule has 1 aliphatic heterocycles. The van der Waals surface area contributed by atoms with Crippen molar-refractivity contribution in [2.24, 2.45) is 5.41 Å². The van der Waals surface area contributed by atoms with Crippen LogP contribution < -0.4 is 10.2 Å². The van der Waals surface area contributed by atoms with E-state index in [1.807, 2.05) is 30.3 Å². The first kappa shape index (κ1) is 17.8. The van der Waals surface area contributed by atoms with Gasteiger partial charge in [-0.25, -0.2) is 4.98 Å². The number of hydrogen-bond acceptors (Lipinski definition) is 4. The van der Waals surface area contributed by atoms with Crippen LogP contribution in [0.25, 0.3) is 10.9 Å². The number of rotatable bonds is 3. The Hall–Kier alpha value is -2.22. The van der Waals surface area contributed by atoms with Crippen LogP contribution in [0.5, 0.6) is 0 Å². The van der Waals surface area contributed by atoms with Crippen LogP contribution >= 0.6 is 22.6 Å². The van der Waals surface area contributed by atoms with Gasteiger partial charge in [-0.2, -0.15) is 0 Å². The molecule has 2 aromatic heterocycles. The number of amides is 1. The van der Waals surface area contributed by atoms with E-state index in [0.717, 1.165) is 33.3 Å². The van der Waals surface area contributed by atoms with Gasteiger partial charge in [0, 0.05) is 28.2 Å². The largest absolute Gasteiger partial charge is 0.371 e. The van der Waals surface area contributed by atoms with Gasteiger partial charge in [0.2, 0.25) is 0 Å². The zero-order valence-electron chi connectivity index (χ0n) is 15.5. The Balaban J connectivity index is 1.40. The van der Waals surface area contributed by atoms with Crippen molar-refractivity contribution in [1.29, 1.82) is 0 Å². The summed E-state index contributed by atoms with van der Waals surface area (Å²) in [5, 5.41) is 3.93. The number of nitrogens with zero attached hydrogens (tertiary/aromatic N) is 3. The van der Waals surface area contributed by atoms with E-state index in [1.165, 1.54) is 25.7 Å². The summed E-state index contributed by atoms with van der Waals surface area (Å²) in [4.78, 5) is 24.1. The van der Waals surface area contributed by atoms with Crippen molar-refractivity contribution in [3.63, 3.8) is 0 Å². The minimum atomic E-state index is -0.117. The highest BCUT2D eigenvalue weighted by Crippen LogP contribution is 2.54. The van der Waals surface area contributed by atoms with Crippen molar-refractivity contribution >= 4 is 50.9 Å². The Labute approximate surface area is 177 Å². The summed E-state index contributed by atoms with van der Waals surface area (Å²) < 4.78 is 1.14. The van der Waals surface area contributed by atoms with Gasteiger partial charge in [-0.15, -0.1) is 0 Å². The number of pyridine rings is 2. The summed E-state index contributed by atoms with van der Waals surface area (Å²) in [5.41, 5.74) is 3.17. The van der Waals surface area contributed by atoms with Crippen molar-refractivity contribution in [3.05, 3.63) is 57.9 Å². The van der Waals surface area contributed by atoms with Gasteiger partial charge in [0.05, 0.1) is 23.0 Å². The molecule has 0 unspecified atom stereocenters. The first-order valence-corrected chi connectivity index (χ1v) is 10.8. The number of aromatic nitrogens is 2. The average molecular weight is 484 g/mol. The first-order valence-electron chi connectivity index (χ1n) is 9.69. The lowest BCUT2D eigenvalue weighted by Crippen LogP contribution is -2.35. The van der Waals surface area contributed by atoms with Crippen LogP contribution in [0.1, 0.15) is 36.0 Å². The molecule has 28 heavy (non-hydrogen) atoms. The third-order valence-electron chi connectivity index (χ3n) is 6.06. The standard InChI is InChI=1S/C22H21IN4O/c23-16-3-4-17(19(13-16)27-10-7-22(5-6-22)8-11-27)21(28)26-20-12-15-2-1-9-24-18(15)14-25-20/h1-4,9,12-14H,5-8,10-11H2,(H,25,26,28). The van der Waals surface area contributed by atoms with Gasteiger partial charge in [-0.05, 0) is 84.0 Å². The Morgan fingerprint density at radius 3 is 2.68 bits per heavy atom. The van der Waals surface area contributed by atoms with Crippen LogP contribution in [0, 0.1) is 8.99 Å². The van der Waals surface area contributed by atoms with Crippen LogP contribution in [0.4, 0.5) is 11.5 Å². The molecule has 5 rings (SSSR count). The lowest BCUT2D eigenvalue weighted by atomic mass is 9.93. The summed E-state index contributed by atoms with van der Waals surface area (Å²) in [6.07, 6.45) is 8.66. The van der Waals surface area contributed by atoms with Crippen molar-refractivity contribution in [2.75, 3.05) is 23.3 Å². The molecule has 1 spiro atoms. The minimum Gasteiger partial charge on any atom is -0.371 e. The van der Waals surface area contributed by atoms with Crippen molar-refractivity contribution in [1.82, 2.24) is 9.97 Å². The topological polar surface area (TPSA) is 58.1 Å². The number of hydrogen-bond donors (Lipinski definition) is 1. The maximum absolute atomic E-state index is 13.1. The smallest absolute Gasteiger partial charge is 0.258 e. The lowest BCUT2D eigenvalue weighted by molar-refractivity contribution is 0.102. The fourth-order valence-corrected chi connectivity index (χ4v) is 4.56. The summed E-state index contributed by atoms with van der Waals surface area (Å²) >= 11 is 2.32. The molecule has 2 aliphatic rings. The van der Waals surface area contributed by atoms with Crippen molar-refractivity contribution < 1.29 is 4.79 Å². The van der Waals surface area contributed by atoms with E-state index in [1.54, 1.807) is 12.4 Å². The lowest BCUT2D eigenvalue weighted by Gasteiger charge is -2.35. The summed E-state index contributed by atoms with van der Waals surface area (Å²) in [5.74, 6) is 0.430. The molecule has 142 valence electrons. The molecule has 0 bridgehead atoms. The molecule has 3 heterocycles. The maximum Gasteiger partial charge on any atom is 0.258 e. The molecule has 6 heteroatoms. The second-order valence-electron chi connectivity index (χ2n) is 7.87. The fraction of sp³-hybridized carbons (Fsp3) is 0.318. The van der Waals surface area contributed by atoms with E-state index in [9.17, 15) is 4.79 Å². The highest BCUT2D eigenvalue weighted by atomic mass is 127.